The highest BCUT2D eigenvalue weighted by atomic mass is 32.1. The van der Waals surface area contributed by atoms with E-state index in [0.29, 0.717) is 6.04 Å². The van der Waals surface area contributed by atoms with Gasteiger partial charge in [-0.2, -0.15) is 11.3 Å². The van der Waals surface area contributed by atoms with E-state index in [9.17, 15) is 0 Å². The summed E-state index contributed by atoms with van der Waals surface area (Å²) in [6.45, 7) is 5.27. The van der Waals surface area contributed by atoms with E-state index in [-0.39, 0.29) is 0 Å². The molecule has 0 saturated carbocycles. The van der Waals surface area contributed by atoms with Crippen LogP contribution < -0.4 is 5.32 Å². The third-order valence-electron chi connectivity index (χ3n) is 2.77. The topological polar surface area (TPSA) is 12.0 Å². The summed E-state index contributed by atoms with van der Waals surface area (Å²) in [7, 11) is 0. The number of hydrogen-bond donors (Lipinski definition) is 1. The van der Waals surface area contributed by atoms with Crippen LogP contribution in [0.2, 0.25) is 0 Å². The van der Waals surface area contributed by atoms with Crippen molar-refractivity contribution in [2.75, 3.05) is 0 Å². The van der Waals surface area contributed by atoms with E-state index in [4.69, 9.17) is 0 Å². The second-order valence-corrected chi connectivity index (χ2v) is 4.92. The molecule has 0 aliphatic rings. The Morgan fingerprint density at radius 3 is 2.56 bits per heavy atom. The fraction of sp³-hybridized carbons (Fsp3) is 0.286. The molecule has 1 aromatic carbocycles. The van der Waals surface area contributed by atoms with E-state index < -0.39 is 0 Å². The molecule has 1 aromatic heterocycles. The molecule has 0 aliphatic heterocycles. The van der Waals surface area contributed by atoms with Crippen molar-refractivity contribution >= 4 is 11.3 Å². The smallest absolute Gasteiger partial charge is 0.0294 e. The largest absolute Gasteiger partial charge is 0.306 e. The molecule has 0 fully saturated rings. The minimum absolute atomic E-state index is 0.403. The Labute approximate surface area is 101 Å². The molecule has 0 aliphatic carbocycles. The van der Waals surface area contributed by atoms with Crippen LogP contribution in [0.25, 0.3) is 0 Å². The van der Waals surface area contributed by atoms with Gasteiger partial charge >= 0.3 is 0 Å². The van der Waals surface area contributed by atoms with Crippen molar-refractivity contribution in [3.05, 3.63) is 57.8 Å². The number of hydrogen-bond acceptors (Lipinski definition) is 2. The first kappa shape index (κ1) is 11.4. The SMILES string of the molecule is Cc1ccc(C(C)NCc2ccsc2)cc1. The zero-order valence-corrected chi connectivity index (χ0v) is 10.6. The van der Waals surface area contributed by atoms with Gasteiger partial charge < -0.3 is 5.32 Å². The predicted molar refractivity (Wildman–Crippen MR) is 70.8 cm³/mol. The standard InChI is InChI=1S/C14H17NS/c1-11-3-5-14(6-4-11)12(2)15-9-13-7-8-16-10-13/h3-8,10,12,15H,9H2,1-2H3. The Hall–Kier alpha value is -1.12. The summed E-state index contributed by atoms with van der Waals surface area (Å²) in [5, 5.41) is 7.84. The molecule has 0 radical (unpaired) electrons. The third kappa shape index (κ3) is 2.94. The highest BCUT2D eigenvalue weighted by molar-refractivity contribution is 7.07. The molecular weight excluding hydrogens is 214 g/mol. The molecule has 1 nitrogen and oxygen atoms in total. The van der Waals surface area contributed by atoms with Gasteiger partial charge in [-0.15, -0.1) is 0 Å². The van der Waals surface area contributed by atoms with Crippen LogP contribution in [0, 0.1) is 6.92 Å². The Balaban J connectivity index is 1.93. The molecule has 84 valence electrons. The summed E-state index contributed by atoms with van der Waals surface area (Å²) in [6, 6.07) is 11.3. The van der Waals surface area contributed by atoms with Crippen molar-refractivity contribution < 1.29 is 0 Å². The summed E-state index contributed by atoms with van der Waals surface area (Å²) in [5.41, 5.74) is 4.03. The van der Waals surface area contributed by atoms with Gasteiger partial charge in [0, 0.05) is 12.6 Å². The monoisotopic (exact) mass is 231 g/mol. The van der Waals surface area contributed by atoms with Gasteiger partial charge in [0.2, 0.25) is 0 Å². The van der Waals surface area contributed by atoms with E-state index in [1.165, 1.54) is 16.7 Å². The molecule has 1 atom stereocenters. The lowest BCUT2D eigenvalue weighted by molar-refractivity contribution is 0.575. The van der Waals surface area contributed by atoms with Crippen LogP contribution >= 0.6 is 11.3 Å². The summed E-state index contributed by atoms with van der Waals surface area (Å²) >= 11 is 1.75. The van der Waals surface area contributed by atoms with E-state index in [2.05, 4.69) is 60.3 Å². The van der Waals surface area contributed by atoms with E-state index in [1.807, 2.05) is 0 Å². The maximum Gasteiger partial charge on any atom is 0.0294 e. The van der Waals surface area contributed by atoms with Gasteiger partial charge in [-0.1, -0.05) is 29.8 Å². The van der Waals surface area contributed by atoms with Gasteiger partial charge in [0.05, 0.1) is 0 Å². The quantitative estimate of drug-likeness (QED) is 0.841. The predicted octanol–water partition coefficient (Wildman–Crippen LogP) is 3.91. The molecule has 0 spiro atoms. The first-order chi connectivity index (χ1) is 7.75. The maximum absolute atomic E-state index is 3.53. The van der Waals surface area contributed by atoms with Gasteiger partial charge in [-0.25, -0.2) is 0 Å². The second-order valence-electron chi connectivity index (χ2n) is 4.14. The van der Waals surface area contributed by atoms with Gasteiger partial charge in [0.15, 0.2) is 0 Å². The average molecular weight is 231 g/mol. The van der Waals surface area contributed by atoms with E-state index >= 15 is 0 Å². The van der Waals surface area contributed by atoms with Crippen molar-refractivity contribution in [3.63, 3.8) is 0 Å². The fourth-order valence-corrected chi connectivity index (χ4v) is 2.31. The van der Waals surface area contributed by atoms with Crippen LogP contribution in [0.1, 0.15) is 29.7 Å². The number of benzene rings is 1. The summed E-state index contributed by atoms with van der Waals surface area (Å²) in [5.74, 6) is 0. The number of nitrogens with one attached hydrogen (secondary N) is 1. The molecule has 2 rings (SSSR count). The summed E-state index contributed by atoms with van der Waals surface area (Å²) in [4.78, 5) is 0. The summed E-state index contributed by atoms with van der Waals surface area (Å²) in [6.07, 6.45) is 0. The molecule has 0 saturated heterocycles. The number of aryl methyl sites for hydroxylation is 1. The Morgan fingerprint density at radius 1 is 1.19 bits per heavy atom. The van der Waals surface area contributed by atoms with Crippen LogP contribution in [0.15, 0.2) is 41.1 Å². The lowest BCUT2D eigenvalue weighted by Gasteiger charge is -2.13. The Kier molecular flexibility index (Phi) is 3.75. The zero-order valence-electron chi connectivity index (χ0n) is 9.73. The van der Waals surface area contributed by atoms with Crippen LogP contribution in [-0.4, -0.2) is 0 Å². The minimum Gasteiger partial charge on any atom is -0.306 e. The highest BCUT2D eigenvalue weighted by Crippen LogP contribution is 2.14. The first-order valence-electron chi connectivity index (χ1n) is 5.57. The van der Waals surface area contributed by atoms with Crippen molar-refractivity contribution in [2.24, 2.45) is 0 Å². The van der Waals surface area contributed by atoms with Crippen LogP contribution in [0.4, 0.5) is 0 Å². The summed E-state index contributed by atoms with van der Waals surface area (Å²) < 4.78 is 0. The average Bonchev–Trinajstić information content (AvgIpc) is 2.80. The van der Waals surface area contributed by atoms with Gasteiger partial charge in [0.1, 0.15) is 0 Å². The van der Waals surface area contributed by atoms with E-state index in [0.717, 1.165) is 6.54 Å². The third-order valence-corrected chi connectivity index (χ3v) is 3.50. The van der Waals surface area contributed by atoms with Gasteiger partial charge in [0.25, 0.3) is 0 Å². The van der Waals surface area contributed by atoms with Gasteiger partial charge in [-0.3, -0.25) is 0 Å². The maximum atomic E-state index is 3.53. The molecule has 2 heteroatoms. The number of thiophene rings is 1. The van der Waals surface area contributed by atoms with Crippen LogP contribution in [0.3, 0.4) is 0 Å². The molecule has 16 heavy (non-hydrogen) atoms. The molecule has 1 heterocycles. The Bertz CT molecular complexity index is 417. The van der Waals surface area contributed by atoms with E-state index in [1.54, 1.807) is 11.3 Å². The lowest BCUT2D eigenvalue weighted by Crippen LogP contribution is -2.17. The molecule has 2 aromatic rings. The fourth-order valence-electron chi connectivity index (χ4n) is 1.64. The Morgan fingerprint density at radius 2 is 1.94 bits per heavy atom. The van der Waals surface area contributed by atoms with Crippen LogP contribution in [-0.2, 0) is 6.54 Å². The lowest BCUT2D eigenvalue weighted by atomic mass is 10.1. The van der Waals surface area contributed by atoms with Crippen molar-refractivity contribution in [1.29, 1.82) is 0 Å². The highest BCUT2D eigenvalue weighted by Gasteiger charge is 2.04. The zero-order chi connectivity index (χ0) is 11.4. The second kappa shape index (κ2) is 5.28. The molecule has 0 amide bonds. The first-order valence-corrected chi connectivity index (χ1v) is 6.51. The van der Waals surface area contributed by atoms with Crippen molar-refractivity contribution in [1.82, 2.24) is 5.32 Å². The minimum atomic E-state index is 0.403. The van der Waals surface area contributed by atoms with Crippen LogP contribution in [0.5, 0.6) is 0 Å². The molecule has 0 bridgehead atoms. The number of rotatable bonds is 4. The normalized spacial score (nSPS) is 12.6. The molecule has 1 unspecified atom stereocenters. The van der Waals surface area contributed by atoms with Crippen molar-refractivity contribution in [2.45, 2.75) is 26.4 Å². The van der Waals surface area contributed by atoms with Gasteiger partial charge in [-0.05, 0) is 41.8 Å². The molecular formula is C14H17NS. The van der Waals surface area contributed by atoms with Crippen molar-refractivity contribution in [3.8, 4) is 0 Å². The molecule has 1 N–H and O–H groups in total.